The maximum atomic E-state index is 13.2. The Morgan fingerprint density at radius 2 is 1.55 bits per heavy atom. The first-order valence-corrected chi connectivity index (χ1v) is 14.5. The monoisotopic (exact) mass is 586 g/mol. The van der Waals surface area contributed by atoms with Gasteiger partial charge in [-0.1, -0.05) is 6.07 Å². The quantitative estimate of drug-likeness (QED) is 0.478. The molecule has 0 saturated heterocycles. The van der Waals surface area contributed by atoms with E-state index < -0.39 is 75.2 Å². The molecule has 2 aromatic rings. The molecule has 0 spiro atoms. The maximum absolute atomic E-state index is 13.2. The van der Waals surface area contributed by atoms with Gasteiger partial charge in [-0.25, -0.2) is 21.8 Å². The number of hydrogen-bond donors (Lipinski definition) is 1. The van der Waals surface area contributed by atoms with Crippen LogP contribution in [0.3, 0.4) is 0 Å². The van der Waals surface area contributed by atoms with Crippen molar-refractivity contribution in [3.05, 3.63) is 53.3 Å². The van der Waals surface area contributed by atoms with Crippen LogP contribution in [0.2, 0.25) is 0 Å². The molecule has 1 fully saturated rings. The second-order valence-electron chi connectivity index (χ2n) is 9.72. The number of nitrogens with one attached hydrogen (secondary N) is 1. The Bertz CT molecular complexity index is 1450. The molecule has 38 heavy (non-hydrogen) atoms. The minimum atomic E-state index is -4.87. The number of pyridine rings is 1. The number of carbonyl (C=O) groups excluding carboxylic acids is 1. The van der Waals surface area contributed by atoms with Gasteiger partial charge in [-0.05, 0) is 62.8 Å². The fourth-order valence-electron chi connectivity index (χ4n) is 4.21. The van der Waals surface area contributed by atoms with E-state index in [-0.39, 0.29) is 25.3 Å². The van der Waals surface area contributed by atoms with E-state index in [4.69, 9.17) is 0 Å². The fourth-order valence-corrected chi connectivity index (χ4v) is 6.82. The molecule has 1 aliphatic carbocycles. The Balaban J connectivity index is 1.69. The van der Waals surface area contributed by atoms with Crippen molar-refractivity contribution in [2.75, 3.05) is 12.8 Å². The molecule has 1 aromatic heterocycles. The van der Waals surface area contributed by atoms with E-state index in [2.05, 4.69) is 10.3 Å². The Morgan fingerprint density at radius 3 is 2.08 bits per heavy atom. The van der Waals surface area contributed by atoms with Crippen LogP contribution in [0.25, 0.3) is 0 Å². The molecule has 1 N–H and O–H groups in total. The van der Waals surface area contributed by atoms with Crippen LogP contribution in [-0.2, 0) is 32.0 Å². The summed E-state index contributed by atoms with van der Waals surface area (Å²) in [6.45, 7) is 2.78. The highest BCUT2D eigenvalue weighted by Gasteiger charge is 2.49. The zero-order valence-corrected chi connectivity index (χ0v) is 21.9. The normalized spacial score (nSPS) is 19.1. The molecule has 1 saturated carbocycles. The first-order valence-electron chi connectivity index (χ1n) is 11.1. The molecule has 3 rings (SSSR count). The molecule has 1 heterocycles. The van der Waals surface area contributed by atoms with Crippen LogP contribution in [0.4, 0.5) is 26.3 Å². The van der Waals surface area contributed by atoms with Crippen molar-refractivity contribution in [1.82, 2.24) is 10.3 Å². The lowest BCUT2D eigenvalue weighted by atomic mass is 9.69. The number of hydrogen-bond acceptors (Lipinski definition) is 6. The van der Waals surface area contributed by atoms with Gasteiger partial charge in [0.25, 0.3) is 5.91 Å². The largest absolute Gasteiger partial charge is 0.417 e. The van der Waals surface area contributed by atoms with Crippen molar-refractivity contribution in [2.45, 2.75) is 53.6 Å². The third kappa shape index (κ3) is 5.98. The number of sulfone groups is 2. The SMILES string of the molecule is CC(C)(C1CC(CNC(=O)c2ncc(C(F)(F)F)cc2S(C)(=O)=O)C1)S(=O)(=O)c1cccc(C(F)(F)F)c1. The van der Waals surface area contributed by atoms with Crippen LogP contribution in [-0.4, -0.2) is 45.3 Å². The molecule has 0 unspecified atom stereocenters. The summed E-state index contributed by atoms with van der Waals surface area (Å²) in [5.74, 6) is -1.73. The highest BCUT2D eigenvalue weighted by molar-refractivity contribution is 7.92. The molecule has 15 heteroatoms. The molecular formula is C23H24F6N2O5S2. The lowest BCUT2D eigenvalue weighted by molar-refractivity contribution is -0.138. The molecule has 0 atom stereocenters. The van der Waals surface area contributed by atoms with Gasteiger partial charge in [0.2, 0.25) is 0 Å². The minimum absolute atomic E-state index is 0.0408. The van der Waals surface area contributed by atoms with Crippen molar-refractivity contribution in [3.8, 4) is 0 Å². The van der Waals surface area contributed by atoms with Gasteiger partial charge < -0.3 is 5.32 Å². The summed E-state index contributed by atoms with van der Waals surface area (Å²) < 4.78 is 127. The molecular weight excluding hydrogens is 562 g/mol. The number of nitrogens with zero attached hydrogens (tertiary/aromatic N) is 1. The molecule has 7 nitrogen and oxygen atoms in total. The van der Waals surface area contributed by atoms with Crippen LogP contribution in [0, 0.1) is 11.8 Å². The highest BCUT2D eigenvalue weighted by Crippen LogP contribution is 2.46. The van der Waals surface area contributed by atoms with Crippen LogP contribution in [0.5, 0.6) is 0 Å². The van der Waals surface area contributed by atoms with Gasteiger partial charge in [-0.15, -0.1) is 0 Å². The average molecular weight is 587 g/mol. The second-order valence-corrected chi connectivity index (χ2v) is 14.2. The second kappa shape index (κ2) is 9.81. The molecule has 0 bridgehead atoms. The summed E-state index contributed by atoms with van der Waals surface area (Å²) in [5, 5.41) is 2.42. The molecule has 210 valence electrons. The number of carbonyl (C=O) groups is 1. The summed E-state index contributed by atoms with van der Waals surface area (Å²) in [7, 11) is -8.41. The van der Waals surface area contributed by atoms with Gasteiger partial charge in [0.15, 0.2) is 19.7 Å². The summed E-state index contributed by atoms with van der Waals surface area (Å²) >= 11 is 0. The summed E-state index contributed by atoms with van der Waals surface area (Å²) in [4.78, 5) is 14.6. The molecule has 1 amide bonds. The maximum Gasteiger partial charge on any atom is 0.417 e. The molecule has 0 aliphatic heterocycles. The Labute approximate surface area is 215 Å². The number of alkyl halides is 6. The fraction of sp³-hybridized carbons (Fsp3) is 0.478. The lowest BCUT2D eigenvalue weighted by Crippen LogP contribution is -2.49. The topological polar surface area (TPSA) is 110 Å². The number of benzene rings is 1. The predicted molar refractivity (Wildman–Crippen MR) is 124 cm³/mol. The van der Waals surface area contributed by atoms with Crippen molar-refractivity contribution in [3.63, 3.8) is 0 Å². The van der Waals surface area contributed by atoms with E-state index in [9.17, 15) is 48.0 Å². The Kier molecular flexibility index (Phi) is 7.71. The van der Waals surface area contributed by atoms with Gasteiger partial charge in [-0.2, -0.15) is 26.3 Å². The molecule has 1 aromatic carbocycles. The van der Waals surface area contributed by atoms with Crippen molar-refractivity contribution >= 4 is 25.6 Å². The van der Waals surface area contributed by atoms with Crippen LogP contribution < -0.4 is 5.32 Å². The third-order valence-electron chi connectivity index (χ3n) is 6.73. The first-order chi connectivity index (χ1) is 17.2. The van der Waals surface area contributed by atoms with E-state index in [1.807, 2.05) is 0 Å². The number of rotatable bonds is 7. The van der Waals surface area contributed by atoms with Gasteiger partial charge >= 0.3 is 12.4 Å². The molecule has 1 aliphatic rings. The predicted octanol–water partition coefficient (Wildman–Crippen LogP) is 4.53. The van der Waals surface area contributed by atoms with Gasteiger partial charge in [0.05, 0.1) is 25.7 Å². The van der Waals surface area contributed by atoms with E-state index in [1.165, 1.54) is 13.8 Å². The van der Waals surface area contributed by atoms with Crippen LogP contribution in [0.1, 0.15) is 48.3 Å². The standard InChI is InChI=1S/C23H24F6N2O5S2/c1-21(2,38(35,36)17-6-4-5-14(9-17)22(24,25)26)15-7-13(8-15)11-31-20(32)19-18(37(3,33)34)10-16(12-30-19)23(27,28)29/h4-6,9-10,12-13,15H,7-8,11H2,1-3H3,(H,31,32). The van der Waals surface area contributed by atoms with Crippen molar-refractivity contribution in [2.24, 2.45) is 11.8 Å². The van der Waals surface area contributed by atoms with Gasteiger partial charge in [0, 0.05) is 19.0 Å². The smallest absolute Gasteiger partial charge is 0.350 e. The zero-order valence-electron chi connectivity index (χ0n) is 20.3. The molecule has 0 radical (unpaired) electrons. The minimum Gasteiger partial charge on any atom is -0.350 e. The van der Waals surface area contributed by atoms with Crippen molar-refractivity contribution in [1.29, 1.82) is 0 Å². The first kappa shape index (κ1) is 29.9. The van der Waals surface area contributed by atoms with E-state index in [0.29, 0.717) is 24.6 Å². The third-order valence-corrected chi connectivity index (χ3v) is 10.4. The van der Waals surface area contributed by atoms with Gasteiger partial charge in [-0.3, -0.25) is 4.79 Å². The number of amides is 1. The average Bonchev–Trinajstić information content (AvgIpc) is 2.75. The van der Waals surface area contributed by atoms with Crippen molar-refractivity contribution < 1.29 is 48.0 Å². The van der Waals surface area contributed by atoms with E-state index in [0.717, 1.165) is 18.2 Å². The number of halogens is 6. The van der Waals surface area contributed by atoms with E-state index in [1.54, 1.807) is 0 Å². The van der Waals surface area contributed by atoms with Crippen LogP contribution >= 0.6 is 0 Å². The Hall–Kier alpha value is -2.68. The summed E-state index contributed by atoms with van der Waals surface area (Å²) in [5.41, 5.74) is -3.13. The highest BCUT2D eigenvalue weighted by atomic mass is 32.2. The van der Waals surface area contributed by atoms with Crippen LogP contribution in [0.15, 0.2) is 46.3 Å². The van der Waals surface area contributed by atoms with E-state index >= 15 is 0 Å². The lowest BCUT2D eigenvalue weighted by Gasteiger charge is -2.44. The Morgan fingerprint density at radius 1 is 0.974 bits per heavy atom. The summed E-state index contributed by atoms with van der Waals surface area (Å²) in [6.07, 6.45) is -8.03. The zero-order chi connectivity index (χ0) is 28.9. The number of aromatic nitrogens is 1. The van der Waals surface area contributed by atoms with Gasteiger partial charge in [0.1, 0.15) is 5.69 Å². The summed E-state index contributed by atoms with van der Waals surface area (Å²) in [6, 6.07) is 3.81.